The summed E-state index contributed by atoms with van der Waals surface area (Å²) in [6.45, 7) is 6.16. The first-order chi connectivity index (χ1) is 11.0. The van der Waals surface area contributed by atoms with Gasteiger partial charge in [-0.25, -0.2) is 0 Å². The van der Waals surface area contributed by atoms with Crippen LogP contribution in [0.1, 0.15) is 30.0 Å². The molecule has 2 aromatic rings. The zero-order chi connectivity index (χ0) is 16.8. The Morgan fingerprint density at radius 2 is 1.96 bits per heavy atom. The van der Waals surface area contributed by atoms with Crippen molar-refractivity contribution in [3.63, 3.8) is 0 Å². The van der Waals surface area contributed by atoms with Crippen molar-refractivity contribution in [1.82, 2.24) is 5.43 Å². The molecule has 0 saturated carbocycles. The van der Waals surface area contributed by atoms with Gasteiger partial charge in [-0.3, -0.25) is 5.43 Å². The number of halogens is 1. The summed E-state index contributed by atoms with van der Waals surface area (Å²) in [4.78, 5) is 0. The Hall–Kier alpha value is -1.91. The van der Waals surface area contributed by atoms with Gasteiger partial charge in [-0.1, -0.05) is 48.4 Å². The van der Waals surface area contributed by atoms with Crippen molar-refractivity contribution in [2.75, 3.05) is 5.32 Å². The van der Waals surface area contributed by atoms with E-state index in [9.17, 15) is 0 Å². The lowest BCUT2D eigenvalue weighted by Gasteiger charge is -2.11. The smallest absolute Gasteiger partial charge is 0.191 e. The molecule has 0 aromatic heterocycles. The number of benzene rings is 2. The molecule has 0 atom stereocenters. The van der Waals surface area contributed by atoms with Crippen LogP contribution in [0.5, 0.6) is 0 Å². The van der Waals surface area contributed by atoms with E-state index in [1.165, 1.54) is 5.56 Å². The zero-order valence-electron chi connectivity index (χ0n) is 13.5. The van der Waals surface area contributed by atoms with Gasteiger partial charge < -0.3 is 5.32 Å². The van der Waals surface area contributed by atoms with E-state index in [1.807, 2.05) is 50.2 Å². The Morgan fingerprint density at radius 1 is 1.17 bits per heavy atom. The van der Waals surface area contributed by atoms with Gasteiger partial charge in [0.1, 0.15) is 0 Å². The fourth-order valence-corrected chi connectivity index (χ4v) is 2.58. The second-order valence-electron chi connectivity index (χ2n) is 5.31. The Labute approximate surface area is 147 Å². The number of rotatable bonds is 4. The van der Waals surface area contributed by atoms with E-state index < -0.39 is 0 Å². The Morgan fingerprint density at radius 3 is 2.61 bits per heavy atom. The number of nitrogens with one attached hydrogen (secondary N) is 2. The van der Waals surface area contributed by atoms with Crippen molar-refractivity contribution in [3.05, 3.63) is 64.2 Å². The summed E-state index contributed by atoms with van der Waals surface area (Å²) in [5, 5.41) is 8.73. The average Bonchev–Trinajstić information content (AvgIpc) is 2.51. The standard InChI is InChI=1S/C18H20ClN3S/c1-4-16(14-6-5-7-15(19)11-14)21-22-18(23)20-17-9-8-12(2)10-13(17)3/h5-11H,4H2,1-3H3,(H2,20,22,23)/b21-16-. The van der Waals surface area contributed by atoms with Crippen molar-refractivity contribution in [3.8, 4) is 0 Å². The highest BCUT2D eigenvalue weighted by molar-refractivity contribution is 7.80. The predicted molar refractivity (Wildman–Crippen MR) is 104 cm³/mol. The highest BCUT2D eigenvalue weighted by Gasteiger charge is 2.04. The minimum atomic E-state index is 0.463. The maximum atomic E-state index is 6.03. The van der Waals surface area contributed by atoms with Gasteiger partial charge >= 0.3 is 0 Å². The summed E-state index contributed by atoms with van der Waals surface area (Å²) in [6, 6.07) is 13.8. The monoisotopic (exact) mass is 345 g/mol. The number of hydrogen-bond donors (Lipinski definition) is 2. The van der Waals surface area contributed by atoms with Crippen molar-refractivity contribution in [1.29, 1.82) is 0 Å². The molecule has 0 aliphatic rings. The molecule has 0 bridgehead atoms. The molecule has 0 amide bonds. The zero-order valence-corrected chi connectivity index (χ0v) is 15.1. The van der Waals surface area contributed by atoms with E-state index in [1.54, 1.807) is 0 Å². The molecule has 23 heavy (non-hydrogen) atoms. The first-order valence-electron chi connectivity index (χ1n) is 7.46. The van der Waals surface area contributed by atoms with Crippen LogP contribution >= 0.6 is 23.8 Å². The molecule has 0 saturated heterocycles. The minimum absolute atomic E-state index is 0.463. The third-order valence-corrected chi connectivity index (χ3v) is 3.84. The second-order valence-corrected chi connectivity index (χ2v) is 6.15. The normalized spacial score (nSPS) is 11.2. The third-order valence-electron chi connectivity index (χ3n) is 3.42. The number of thiocarbonyl (C=S) groups is 1. The molecule has 0 spiro atoms. The van der Waals surface area contributed by atoms with Gasteiger partial charge in [0, 0.05) is 10.7 Å². The highest BCUT2D eigenvalue weighted by Crippen LogP contribution is 2.16. The largest absolute Gasteiger partial charge is 0.331 e. The lowest BCUT2D eigenvalue weighted by Crippen LogP contribution is -2.25. The van der Waals surface area contributed by atoms with Crippen LogP contribution in [0, 0.1) is 13.8 Å². The van der Waals surface area contributed by atoms with E-state index in [2.05, 4.69) is 28.8 Å². The van der Waals surface area contributed by atoms with Crippen LogP contribution in [0.4, 0.5) is 5.69 Å². The topological polar surface area (TPSA) is 36.4 Å². The molecule has 120 valence electrons. The summed E-state index contributed by atoms with van der Waals surface area (Å²) in [6.07, 6.45) is 0.777. The van der Waals surface area contributed by atoms with Crippen molar-refractivity contribution >= 4 is 40.3 Å². The van der Waals surface area contributed by atoms with E-state index in [4.69, 9.17) is 23.8 Å². The predicted octanol–water partition coefficient (Wildman–Crippen LogP) is 5.06. The third kappa shape index (κ3) is 5.05. The quantitative estimate of drug-likeness (QED) is 0.462. The second kappa shape index (κ2) is 8.09. The molecular formula is C18H20ClN3S. The maximum absolute atomic E-state index is 6.03. The van der Waals surface area contributed by atoms with E-state index in [0.29, 0.717) is 10.1 Å². The minimum Gasteiger partial charge on any atom is -0.331 e. The lowest BCUT2D eigenvalue weighted by molar-refractivity contribution is 1.02. The summed E-state index contributed by atoms with van der Waals surface area (Å²) in [7, 11) is 0. The van der Waals surface area contributed by atoms with E-state index in [-0.39, 0.29) is 0 Å². The Balaban J connectivity index is 2.06. The van der Waals surface area contributed by atoms with Crippen molar-refractivity contribution in [2.24, 2.45) is 5.10 Å². The molecule has 3 nitrogen and oxygen atoms in total. The molecule has 0 heterocycles. The molecule has 2 N–H and O–H groups in total. The number of aryl methyl sites for hydroxylation is 2. The van der Waals surface area contributed by atoms with Crippen LogP contribution in [0.2, 0.25) is 5.02 Å². The number of nitrogens with zero attached hydrogens (tertiary/aromatic N) is 1. The van der Waals surface area contributed by atoms with Gasteiger partial charge in [-0.05, 0) is 61.8 Å². The Kier molecular flexibility index (Phi) is 6.13. The Bertz CT molecular complexity index is 741. The fraction of sp³-hybridized carbons (Fsp3) is 0.222. The van der Waals surface area contributed by atoms with Crippen LogP contribution in [0.15, 0.2) is 47.6 Å². The average molecular weight is 346 g/mol. The van der Waals surface area contributed by atoms with E-state index in [0.717, 1.165) is 28.9 Å². The summed E-state index contributed by atoms with van der Waals surface area (Å²) in [5.74, 6) is 0. The first kappa shape index (κ1) is 17.4. The summed E-state index contributed by atoms with van der Waals surface area (Å²) >= 11 is 11.3. The molecule has 2 aromatic carbocycles. The molecule has 0 fully saturated rings. The number of hydrazone groups is 1. The van der Waals surface area contributed by atoms with Crippen molar-refractivity contribution < 1.29 is 0 Å². The van der Waals surface area contributed by atoms with Crippen LogP contribution in [-0.4, -0.2) is 10.8 Å². The van der Waals surface area contributed by atoms with Gasteiger partial charge in [0.25, 0.3) is 0 Å². The fourth-order valence-electron chi connectivity index (χ4n) is 2.24. The molecule has 0 aliphatic heterocycles. The lowest BCUT2D eigenvalue weighted by atomic mass is 10.1. The number of anilines is 1. The summed E-state index contributed by atoms with van der Waals surface area (Å²) < 4.78 is 0. The van der Waals surface area contributed by atoms with Crippen LogP contribution in [-0.2, 0) is 0 Å². The van der Waals surface area contributed by atoms with Crippen LogP contribution in [0.3, 0.4) is 0 Å². The SMILES string of the molecule is CC/C(=N/NC(=S)Nc1ccc(C)cc1C)c1cccc(Cl)c1. The van der Waals surface area contributed by atoms with Gasteiger partial charge in [-0.2, -0.15) is 5.10 Å². The molecule has 0 radical (unpaired) electrons. The van der Waals surface area contributed by atoms with Gasteiger partial charge in [0.2, 0.25) is 0 Å². The first-order valence-corrected chi connectivity index (χ1v) is 8.25. The maximum Gasteiger partial charge on any atom is 0.191 e. The molecule has 5 heteroatoms. The van der Waals surface area contributed by atoms with Gasteiger partial charge in [0.15, 0.2) is 5.11 Å². The van der Waals surface area contributed by atoms with E-state index >= 15 is 0 Å². The summed E-state index contributed by atoms with van der Waals surface area (Å²) in [5.41, 5.74) is 8.13. The number of hydrogen-bond acceptors (Lipinski definition) is 2. The van der Waals surface area contributed by atoms with Crippen molar-refractivity contribution in [2.45, 2.75) is 27.2 Å². The molecule has 2 rings (SSSR count). The van der Waals surface area contributed by atoms with Crippen LogP contribution < -0.4 is 10.7 Å². The van der Waals surface area contributed by atoms with Crippen LogP contribution in [0.25, 0.3) is 0 Å². The molecule has 0 aliphatic carbocycles. The molecular weight excluding hydrogens is 326 g/mol. The van der Waals surface area contributed by atoms with Gasteiger partial charge in [-0.15, -0.1) is 0 Å². The highest BCUT2D eigenvalue weighted by atomic mass is 35.5. The molecule has 0 unspecified atom stereocenters. The van der Waals surface area contributed by atoms with Gasteiger partial charge in [0.05, 0.1) is 5.71 Å².